The van der Waals surface area contributed by atoms with E-state index in [0.717, 1.165) is 48.7 Å². The number of nitrogens with zero attached hydrogens (tertiary/aromatic N) is 1. The van der Waals surface area contributed by atoms with Gasteiger partial charge in [0.05, 0.1) is 24.3 Å². The molecule has 2 fully saturated rings. The van der Waals surface area contributed by atoms with E-state index in [1.807, 2.05) is 24.3 Å². The van der Waals surface area contributed by atoms with Gasteiger partial charge in [0, 0.05) is 25.3 Å². The lowest BCUT2D eigenvalue weighted by Crippen LogP contribution is -2.35. The van der Waals surface area contributed by atoms with E-state index in [9.17, 15) is 4.79 Å². The molecule has 0 saturated carbocycles. The Morgan fingerprint density at radius 3 is 2.73 bits per heavy atom. The SMILES string of the molecule is O=C(OC[C@@H]1CCCO1)c1cc(-c2ccccc2)c(N2CCOCC2)s1. The van der Waals surface area contributed by atoms with Gasteiger partial charge in [-0.2, -0.15) is 0 Å². The minimum absolute atomic E-state index is 0.0474. The highest BCUT2D eigenvalue weighted by Crippen LogP contribution is 2.39. The molecule has 1 aromatic heterocycles. The maximum absolute atomic E-state index is 12.6. The summed E-state index contributed by atoms with van der Waals surface area (Å²) in [5, 5.41) is 1.11. The molecule has 3 heterocycles. The van der Waals surface area contributed by atoms with Gasteiger partial charge in [0.2, 0.25) is 0 Å². The summed E-state index contributed by atoms with van der Waals surface area (Å²) in [6.45, 7) is 4.20. The molecule has 26 heavy (non-hydrogen) atoms. The highest BCUT2D eigenvalue weighted by Gasteiger charge is 2.24. The zero-order valence-corrected chi connectivity index (χ0v) is 15.5. The van der Waals surface area contributed by atoms with Gasteiger partial charge in [-0.05, 0) is 24.5 Å². The Morgan fingerprint density at radius 2 is 2.00 bits per heavy atom. The third-order valence-electron chi connectivity index (χ3n) is 4.72. The summed E-state index contributed by atoms with van der Waals surface area (Å²) in [4.78, 5) is 15.5. The number of carbonyl (C=O) groups excluding carboxylic acids is 1. The fraction of sp³-hybridized carbons (Fsp3) is 0.450. The van der Waals surface area contributed by atoms with Gasteiger partial charge in [0.15, 0.2) is 0 Å². The molecule has 2 aliphatic heterocycles. The average molecular weight is 373 g/mol. The summed E-state index contributed by atoms with van der Waals surface area (Å²) in [5.41, 5.74) is 2.20. The number of thiophene rings is 1. The second-order valence-corrected chi connectivity index (χ2v) is 7.56. The van der Waals surface area contributed by atoms with Crippen LogP contribution in [0.1, 0.15) is 22.5 Å². The Morgan fingerprint density at radius 1 is 1.19 bits per heavy atom. The van der Waals surface area contributed by atoms with E-state index < -0.39 is 0 Å². The Bertz CT molecular complexity index is 734. The quantitative estimate of drug-likeness (QED) is 0.750. The molecule has 1 aromatic carbocycles. The number of rotatable bonds is 5. The number of anilines is 1. The second kappa shape index (κ2) is 8.20. The largest absolute Gasteiger partial charge is 0.459 e. The van der Waals surface area contributed by atoms with Crippen LogP contribution in [-0.2, 0) is 14.2 Å². The van der Waals surface area contributed by atoms with Crippen LogP contribution < -0.4 is 4.90 Å². The van der Waals surface area contributed by atoms with Crippen molar-refractivity contribution < 1.29 is 19.0 Å². The van der Waals surface area contributed by atoms with Crippen molar-refractivity contribution in [3.05, 3.63) is 41.3 Å². The van der Waals surface area contributed by atoms with Gasteiger partial charge in [0.1, 0.15) is 11.5 Å². The van der Waals surface area contributed by atoms with Gasteiger partial charge in [0.25, 0.3) is 0 Å². The molecular weight excluding hydrogens is 350 g/mol. The molecule has 0 bridgehead atoms. The van der Waals surface area contributed by atoms with Crippen LogP contribution in [0.5, 0.6) is 0 Å². The fourth-order valence-corrected chi connectivity index (χ4v) is 4.45. The van der Waals surface area contributed by atoms with Crippen molar-refractivity contribution in [1.82, 2.24) is 0 Å². The number of ether oxygens (including phenoxy) is 3. The molecule has 6 heteroatoms. The fourth-order valence-electron chi connectivity index (χ4n) is 3.32. The van der Waals surface area contributed by atoms with Crippen molar-refractivity contribution >= 4 is 22.3 Å². The van der Waals surface area contributed by atoms with E-state index in [1.165, 1.54) is 11.3 Å². The summed E-state index contributed by atoms with van der Waals surface area (Å²) >= 11 is 1.51. The van der Waals surface area contributed by atoms with E-state index in [0.29, 0.717) is 24.7 Å². The zero-order valence-electron chi connectivity index (χ0n) is 14.7. The summed E-state index contributed by atoms with van der Waals surface area (Å²) < 4.78 is 16.5. The lowest BCUT2D eigenvalue weighted by atomic mass is 10.1. The van der Waals surface area contributed by atoms with Gasteiger partial charge in [-0.15, -0.1) is 11.3 Å². The van der Waals surface area contributed by atoms with E-state index in [2.05, 4.69) is 17.0 Å². The predicted molar refractivity (Wildman–Crippen MR) is 102 cm³/mol. The average Bonchev–Trinajstić information content (AvgIpc) is 3.37. The molecule has 4 rings (SSSR count). The van der Waals surface area contributed by atoms with Crippen LogP contribution in [-0.4, -0.2) is 51.6 Å². The smallest absolute Gasteiger partial charge is 0.348 e. The molecule has 5 nitrogen and oxygen atoms in total. The predicted octanol–water partition coefficient (Wildman–Crippen LogP) is 3.59. The molecule has 0 unspecified atom stereocenters. The first kappa shape index (κ1) is 17.5. The summed E-state index contributed by atoms with van der Waals surface area (Å²) in [7, 11) is 0. The van der Waals surface area contributed by atoms with Crippen LogP contribution in [0.25, 0.3) is 11.1 Å². The topological polar surface area (TPSA) is 48.0 Å². The highest BCUT2D eigenvalue weighted by atomic mass is 32.1. The minimum Gasteiger partial charge on any atom is -0.459 e. The number of carbonyl (C=O) groups is 1. The van der Waals surface area contributed by atoms with Gasteiger partial charge < -0.3 is 19.1 Å². The van der Waals surface area contributed by atoms with E-state index in [1.54, 1.807) is 0 Å². The normalized spacial score (nSPS) is 20.3. The summed E-state index contributed by atoms with van der Waals surface area (Å²) in [6.07, 6.45) is 2.05. The molecule has 2 aromatic rings. The molecule has 138 valence electrons. The Hall–Kier alpha value is -1.89. The Labute approximate surface area is 157 Å². The Balaban J connectivity index is 1.56. The highest BCUT2D eigenvalue weighted by molar-refractivity contribution is 7.18. The van der Waals surface area contributed by atoms with Crippen LogP contribution in [0.4, 0.5) is 5.00 Å². The molecule has 1 atom stereocenters. The maximum atomic E-state index is 12.6. The van der Waals surface area contributed by atoms with E-state index in [4.69, 9.17) is 14.2 Å². The van der Waals surface area contributed by atoms with Gasteiger partial charge in [-0.3, -0.25) is 0 Å². The van der Waals surface area contributed by atoms with Crippen molar-refractivity contribution in [2.24, 2.45) is 0 Å². The monoisotopic (exact) mass is 373 g/mol. The molecule has 0 N–H and O–H groups in total. The number of morpholine rings is 1. The summed E-state index contributed by atoms with van der Waals surface area (Å²) in [5.74, 6) is -0.262. The van der Waals surface area contributed by atoms with E-state index >= 15 is 0 Å². The van der Waals surface area contributed by atoms with Crippen LogP contribution in [0.3, 0.4) is 0 Å². The molecular formula is C20H23NO4S. The summed E-state index contributed by atoms with van der Waals surface area (Å²) in [6, 6.07) is 12.2. The second-order valence-electron chi connectivity index (χ2n) is 6.53. The molecule has 0 radical (unpaired) electrons. The molecule has 0 aliphatic carbocycles. The van der Waals surface area contributed by atoms with Crippen LogP contribution in [0, 0.1) is 0 Å². The van der Waals surface area contributed by atoms with Gasteiger partial charge >= 0.3 is 5.97 Å². The number of esters is 1. The Kier molecular flexibility index (Phi) is 5.53. The van der Waals surface area contributed by atoms with Crippen molar-refractivity contribution in [2.45, 2.75) is 18.9 Å². The zero-order chi connectivity index (χ0) is 17.8. The number of hydrogen-bond donors (Lipinski definition) is 0. The minimum atomic E-state index is -0.262. The third kappa shape index (κ3) is 3.92. The van der Waals surface area contributed by atoms with Crippen LogP contribution >= 0.6 is 11.3 Å². The van der Waals surface area contributed by atoms with Crippen LogP contribution in [0.15, 0.2) is 36.4 Å². The molecule has 2 saturated heterocycles. The van der Waals surface area contributed by atoms with Crippen molar-refractivity contribution in [2.75, 3.05) is 44.4 Å². The maximum Gasteiger partial charge on any atom is 0.348 e. The van der Waals surface area contributed by atoms with Crippen molar-refractivity contribution in [1.29, 1.82) is 0 Å². The number of benzene rings is 1. The first-order valence-electron chi connectivity index (χ1n) is 9.12. The van der Waals surface area contributed by atoms with E-state index in [-0.39, 0.29) is 12.1 Å². The number of hydrogen-bond acceptors (Lipinski definition) is 6. The van der Waals surface area contributed by atoms with Crippen molar-refractivity contribution in [3.8, 4) is 11.1 Å². The first-order valence-corrected chi connectivity index (χ1v) is 9.93. The van der Waals surface area contributed by atoms with Gasteiger partial charge in [-0.1, -0.05) is 30.3 Å². The molecule has 0 amide bonds. The van der Waals surface area contributed by atoms with Crippen LogP contribution in [0.2, 0.25) is 0 Å². The molecule has 2 aliphatic rings. The van der Waals surface area contributed by atoms with Crippen molar-refractivity contribution in [3.63, 3.8) is 0 Å². The third-order valence-corrected chi connectivity index (χ3v) is 5.90. The molecule has 0 spiro atoms. The lowest BCUT2D eigenvalue weighted by Gasteiger charge is -2.28. The van der Waals surface area contributed by atoms with Gasteiger partial charge in [-0.25, -0.2) is 4.79 Å². The lowest BCUT2D eigenvalue weighted by molar-refractivity contribution is 0.0165. The first-order chi connectivity index (χ1) is 12.8. The standard InChI is InChI=1S/C20H23NO4S/c22-20(25-14-16-7-4-10-24-16)18-13-17(15-5-2-1-3-6-15)19(26-18)21-8-11-23-12-9-21/h1-3,5-6,13,16H,4,7-12,14H2/t16-/m0/s1.